The third-order valence-electron chi connectivity index (χ3n) is 5.48. The molecular weight excluding hydrogens is 376 g/mol. The first-order valence-corrected chi connectivity index (χ1v) is 10.3. The highest BCUT2D eigenvalue weighted by atomic mass is 15.3. The van der Waals surface area contributed by atoms with Gasteiger partial charge in [-0.2, -0.15) is 10.2 Å². The number of aromatic nitrogens is 6. The number of nitrogens with one attached hydrogen (secondary N) is 2. The third kappa shape index (κ3) is 3.73. The van der Waals surface area contributed by atoms with Gasteiger partial charge in [0.1, 0.15) is 5.82 Å². The summed E-state index contributed by atoms with van der Waals surface area (Å²) >= 11 is 0. The number of pyridine rings is 2. The molecule has 0 aliphatic carbocycles. The quantitative estimate of drug-likeness (QED) is 0.528. The monoisotopic (exact) mass is 400 g/mol. The van der Waals surface area contributed by atoms with E-state index in [1.54, 1.807) is 6.20 Å². The zero-order valence-electron chi connectivity index (χ0n) is 17.1. The van der Waals surface area contributed by atoms with Crippen LogP contribution in [-0.2, 0) is 0 Å². The van der Waals surface area contributed by atoms with E-state index in [-0.39, 0.29) is 0 Å². The van der Waals surface area contributed by atoms with Crippen molar-refractivity contribution < 1.29 is 0 Å². The molecule has 8 heteroatoms. The Labute approximate surface area is 174 Å². The van der Waals surface area contributed by atoms with Crippen LogP contribution in [0.15, 0.2) is 49.1 Å². The molecule has 0 saturated carbocycles. The second-order valence-corrected chi connectivity index (χ2v) is 7.97. The van der Waals surface area contributed by atoms with Gasteiger partial charge in [0.2, 0.25) is 0 Å². The molecule has 8 nitrogen and oxygen atoms in total. The van der Waals surface area contributed by atoms with Gasteiger partial charge in [0.05, 0.1) is 29.5 Å². The van der Waals surface area contributed by atoms with Crippen LogP contribution in [0.2, 0.25) is 0 Å². The lowest BCUT2D eigenvalue weighted by molar-refractivity contribution is 0.491. The van der Waals surface area contributed by atoms with Gasteiger partial charge in [0.15, 0.2) is 5.82 Å². The first kappa shape index (κ1) is 18.6. The second kappa shape index (κ2) is 7.79. The molecule has 0 radical (unpaired) electrons. The molecule has 0 unspecified atom stereocenters. The summed E-state index contributed by atoms with van der Waals surface area (Å²) in [5.41, 5.74) is 4.85. The highest BCUT2D eigenvalue weighted by Crippen LogP contribution is 2.25. The number of fused-ring (bicyclic) bond motifs is 1. The minimum absolute atomic E-state index is 0.387. The number of hydrogen-bond donors (Lipinski definition) is 2. The topological polar surface area (TPSA) is 93.4 Å². The highest BCUT2D eigenvalue weighted by Gasteiger charge is 2.17. The van der Waals surface area contributed by atoms with E-state index in [0.717, 1.165) is 47.2 Å². The molecular formula is C22H24N8. The molecule has 0 spiro atoms. The minimum atomic E-state index is 0.387. The fourth-order valence-corrected chi connectivity index (χ4v) is 3.68. The van der Waals surface area contributed by atoms with Crippen molar-refractivity contribution in [3.05, 3.63) is 54.6 Å². The van der Waals surface area contributed by atoms with Gasteiger partial charge in [-0.25, -0.2) is 4.98 Å². The van der Waals surface area contributed by atoms with E-state index in [2.05, 4.69) is 57.0 Å². The zero-order valence-corrected chi connectivity index (χ0v) is 17.1. The molecule has 1 atom stereocenters. The molecule has 5 heterocycles. The first-order valence-electron chi connectivity index (χ1n) is 10.3. The molecule has 1 fully saturated rings. The van der Waals surface area contributed by atoms with Crippen LogP contribution >= 0.6 is 0 Å². The summed E-state index contributed by atoms with van der Waals surface area (Å²) in [5.74, 6) is 1.78. The Morgan fingerprint density at radius 2 is 2.00 bits per heavy atom. The number of anilines is 2. The Morgan fingerprint density at radius 1 is 1.07 bits per heavy atom. The minimum Gasteiger partial charge on any atom is -0.323 e. The Kier molecular flexibility index (Phi) is 4.84. The van der Waals surface area contributed by atoms with E-state index >= 15 is 0 Å². The summed E-state index contributed by atoms with van der Waals surface area (Å²) < 4.78 is 2.05. The van der Waals surface area contributed by atoms with Gasteiger partial charge in [-0.3, -0.25) is 9.67 Å². The molecule has 4 aromatic rings. The lowest BCUT2D eigenvalue weighted by Gasteiger charge is -2.09. The van der Waals surface area contributed by atoms with Gasteiger partial charge in [-0.15, -0.1) is 5.10 Å². The van der Waals surface area contributed by atoms with Crippen molar-refractivity contribution in [1.29, 1.82) is 0 Å². The molecule has 1 aliphatic heterocycles. The molecule has 0 bridgehead atoms. The van der Waals surface area contributed by atoms with E-state index in [1.165, 1.54) is 0 Å². The van der Waals surface area contributed by atoms with Crippen LogP contribution in [0.4, 0.5) is 11.6 Å². The normalized spacial score (nSPS) is 16.4. The third-order valence-corrected chi connectivity index (χ3v) is 5.48. The van der Waals surface area contributed by atoms with Crippen molar-refractivity contribution in [3.63, 3.8) is 0 Å². The summed E-state index contributed by atoms with van der Waals surface area (Å²) in [6.45, 7) is 6.28. The lowest BCUT2D eigenvalue weighted by Crippen LogP contribution is -2.13. The molecule has 0 aromatic carbocycles. The summed E-state index contributed by atoms with van der Waals surface area (Å²) in [6.07, 6.45) is 8.77. The number of hydrogen-bond acceptors (Lipinski definition) is 7. The fourth-order valence-electron chi connectivity index (χ4n) is 3.68. The summed E-state index contributed by atoms with van der Waals surface area (Å²) in [6, 6.07) is 8.34. The maximum atomic E-state index is 4.74. The summed E-state index contributed by atoms with van der Waals surface area (Å²) in [4.78, 5) is 9.32. The SMILES string of the molecule is CC(C)c1cnnc(Nc2ccc3ncc(-c4cnn([C@@H]5CCNC5)c4)cc3n2)c1. The van der Waals surface area contributed by atoms with E-state index in [0.29, 0.717) is 23.6 Å². The first-order chi connectivity index (χ1) is 14.7. The van der Waals surface area contributed by atoms with Gasteiger partial charge in [-0.05, 0) is 48.7 Å². The smallest absolute Gasteiger partial charge is 0.154 e. The molecule has 4 aromatic heterocycles. The van der Waals surface area contributed by atoms with Crippen LogP contribution in [-0.4, -0.2) is 43.0 Å². The van der Waals surface area contributed by atoms with Crippen LogP contribution in [0.5, 0.6) is 0 Å². The second-order valence-electron chi connectivity index (χ2n) is 7.97. The molecule has 30 heavy (non-hydrogen) atoms. The van der Waals surface area contributed by atoms with Gasteiger partial charge in [0.25, 0.3) is 0 Å². The number of rotatable bonds is 5. The molecule has 1 saturated heterocycles. The van der Waals surface area contributed by atoms with Crippen molar-refractivity contribution in [3.8, 4) is 11.1 Å². The van der Waals surface area contributed by atoms with Gasteiger partial charge >= 0.3 is 0 Å². The standard InChI is InChI=1S/C22H24N8/c1-14(2)15-8-22(29-25-10-15)28-21-4-3-19-20(27-21)7-16(9-24-19)17-11-26-30(13-17)18-5-6-23-12-18/h3-4,7-11,13-14,18,23H,5-6,12H2,1-2H3,(H,27,28,29)/t18-/m1/s1. The van der Waals surface area contributed by atoms with Gasteiger partial charge in [0, 0.05) is 30.1 Å². The van der Waals surface area contributed by atoms with Gasteiger partial charge in [-0.1, -0.05) is 13.8 Å². The highest BCUT2D eigenvalue weighted by molar-refractivity contribution is 5.81. The van der Waals surface area contributed by atoms with Gasteiger partial charge < -0.3 is 10.6 Å². The molecule has 2 N–H and O–H groups in total. The molecule has 1 aliphatic rings. The van der Waals surface area contributed by atoms with E-state index in [9.17, 15) is 0 Å². The Morgan fingerprint density at radius 3 is 2.83 bits per heavy atom. The Bertz CT molecular complexity index is 1180. The van der Waals surface area contributed by atoms with E-state index in [4.69, 9.17) is 4.98 Å². The summed E-state index contributed by atoms with van der Waals surface area (Å²) in [5, 5.41) is 19.4. The van der Waals surface area contributed by atoms with Crippen LogP contribution in [0.1, 0.15) is 37.8 Å². The predicted octanol–water partition coefficient (Wildman–Crippen LogP) is 3.68. The van der Waals surface area contributed by atoms with Crippen LogP contribution in [0, 0.1) is 0 Å². The van der Waals surface area contributed by atoms with E-state index in [1.807, 2.05) is 35.3 Å². The van der Waals surface area contributed by atoms with Crippen molar-refractivity contribution >= 4 is 22.7 Å². The fraction of sp³-hybridized carbons (Fsp3) is 0.318. The zero-order chi connectivity index (χ0) is 20.5. The molecule has 5 rings (SSSR count). The maximum Gasteiger partial charge on any atom is 0.154 e. The average Bonchev–Trinajstić information content (AvgIpc) is 3.45. The maximum absolute atomic E-state index is 4.74. The lowest BCUT2D eigenvalue weighted by atomic mass is 10.1. The van der Waals surface area contributed by atoms with Crippen LogP contribution in [0.25, 0.3) is 22.2 Å². The number of nitrogens with zero attached hydrogens (tertiary/aromatic N) is 6. The largest absolute Gasteiger partial charge is 0.323 e. The molecule has 152 valence electrons. The summed E-state index contributed by atoms with van der Waals surface area (Å²) in [7, 11) is 0. The van der Waals surface area contributed by atoms with Crippen molar-refractivity contribution in [2.75, 3.05) is 18.4 Å². The average molecular weight is 400 g/mol. The van der Waals surface area contributed by atoms with Crippen molar-refractivity contribution in [1.82, 2.24) is 35.3 Å². The Balaban J connectivity index is 1.42. The van der Waals surface area contributed by atoms with Crippen LogP contribution in [0.3, 0.4) is 0 Å². The van der Waals surface area contributed by atoms with Crippen molar-refractivity contribution in [2.24, 2.45) is 0 Å². The van der Waals surface area contributed by atoms with E-state index < -0.39 is 0 Å². The van der Waals surface area contributed by atoms with Crippen molar-refractivity contribution in [2.45, 2.75) is 32.2 Å². The Hall–Kier alpha value is -3.39. The predicted molar refractivity (Wildman–Crippen MR) is 117 cm³/mol. The molecule has 0 amide bonds. The van der Waals surface area contributed by atoms with Crippen LogP contribution < -0.4 is 10.6 Å².